The van der Waals surface area contributed by atoms with Crippen molar-refractivity contribution in [3.63, 3.8) is 0 Å². The standard InChI is InChI=1S/C23H29NO5S.Na/c1-3-5-13-23(4-2)16-24(18-9-7-6-8-10-18)20-14-19(29-15-22(25)26)11-12-21(20)30(27,28)17-23;/h6-12,14H,3-5,13,15-17H2,1-2H3,(H,25,26);/q;+1. The number of sulfone groups is 1. The number of hydrogen-bond donors (Lipinski definition) is 1. The van der Waals surface area contributed by atoms with Crippen LogP contribution >= 0.6 is 0 Å². The second-order valence-corrected chi connectivity index (χ2v) is 9.91. The fraction of sp³-hybridized carbons (Fsp3) is 0.435. The minimum absolute atomic E-state index is 0. The summed E-state index contributed by atoms with van der Waals surface area (Å²) in [7, 11) is -3.53. The number of benzene rings is 2. The third kappa shape index (κ3) is 6.04. The van der Waals surface area contributed by atoms with Gasteiger partial charge in [0.05, 0.1) is 16.3 Å². The third-order valence-electron chi connectivity index (χ3n) is 5.79. The molecular formula is C23H29NNaO5S+. The minimum atomic E-state index is -3.53. The number of aliphatic carboxylic acids is 1. The molecule has 162 valence electrons. The molecule has 31 heavy (non-hydrogen) atoms. The number of carboxylic acid groups (broad SMARTS) is 1. The Kier molecular flexibility index (Phi) is 9.01. The van der Waals surface area contributed by atoms with Crippen LogP contribution in [0.15, 0.2) is 53.4 Å². The molecule has 2 aromatic rings. The Morgan fingerprint density at radius 2 is 1.87 bits per heavy atom. The molecule has 8 heteroatoms. The number of fused-ring (bicyclic) bond motifs is 1. The Balaban J connectivity index is 0.00000341. The molecule has 0 saturated heterocycles. The van der Waals surface area contributed by atoms with E-state index < -0.39 is 22.4 Å². The number of anilines is 2. The first-order valence-electron chi connectivity index (χ1n) is 10.3. The van der Waals surface area contributed by atoms with Gasteiger partial charge in [0.2, 0.25) is 0 Å². The summed E-state index contributed by atoms with van der Waals surface area (Å²) >= 11 is 0. The molecular weight excluding hydrogens is 425 g/mol. The van der Waals surface area contributed by atoms with Crippen molar-refractivity contribution in [2.45, 2.75) is 44.4 Å². The van der Waals surface area contributed by atoms with E-state index in [1.165, 1.54) is 6.07 Å². The van der Waals surface area contributed by atoms with Gasteiger partial charge >= 0.3 is 35.5 Å². The Labute approximate surface area is 206 Å². The van der Waals surface area contributed by atoms with E-state index in [0.717, 1.165) is 31.4 Å². The summed E-state index contributed by atoms with van der Waals surface area (Å²) in [6, 6.07) is 14.4. The van der Waals surface area contributed by atoms with Gasteiger partial charge in [0.25, 0.3) is 0 Å². The van der Waals surface area contributed by atoms with Crippen LogP contribution in [-0.2, 0) is 14.6 Å². The molecule has 1 aliphatic heterocycles. The number of hydrogen-bond acceptors (Lipinski definition) is 5. The SMILES string of the molecule is CCCCC1(CC)CN(c2ccccc2)c2cc(OCC(=O)O)ccc2S(=O)(=O)C1.[Na+]. The molecule has 0 bridgehead atoms. The minimum Gasteiger partial charge on any atom is -0.482 e. The largest absolute Gasteiger partial charge is 1.00 e. The molecule has 0 aromatic heterocycles. The number of carboxylic acids is 1. The first-order chi connectivity index (χ1) is 14.3. The molecule has 0 aliphatic carbocycles. The van der Waals surface area contributed by atoms with E-state index in [-0.39, 0.29) is 45.6 Å². The molecule has 1 unspecified atom stereocenters. The summed E-state index contributed by atoms with van der Waals surface area (Å²) < 4.78 is 32.2. The number of nitrogens with zero attached hydrogens (tertiary/aromatic N) is 1. The molecule has 0 spiro atoms. The molecule has 2 aromatic carbocycles. The van der Waals surface area contributed by atoms with Crippen LogP contribution in [-0.4, -0.2) is 38.4 Å². The third-order valence-corrected chi connectivity index (χ3v) is 7.79. The summed E-state index contributed by atoms with van der Waals surface area (Å²) in [5, 5.41) is 8.92. The van der Waals surface area contributed by atoms with E-state index in [0.29, 0.717) is 18.0 Å². The van der Waals surface area contributed by atoms with Gasteiger partial charge in [0.1, 0.15) is 5.75 Å². The van der Waals surface area contributed by atoms with Crippen molar-refractivity contribution in [1.29, 1.82) is 0 Å². The molecule has 1 N–H and O–H groups in total. The second kappa shape index (κ2) is 10.9. The van der Waals surface area contributed by atoms with E-state index >= 15 is 0 Å². The van der Waals surface area contributed by atoms with Crippen LogP contribution in [0.1, 0.15) is 39.5 Å². The molecule has 0 radical (unpaired) electrons. The van der Waals surface area contributed by atoms with E-state index in [4.69, 9.17) is 9.84 Å². The van der Waals surface area contributed by atoms with E-state index in [1.54, 1.807) is 12.1 Å². The monoisotopic (exact) mass is 454 g/mol. The molecule has 1 atom stereocenters. The normalized spacial score (nSPS) is 19.6. The second-order valence-electron chi connectivity index (χ2n) is 7.95. The Hall–Kier alpha value is -1.54. The van der Waals surface area contributed by atoms with Gasteiger partial charge in [-0.3, -0.25) is 0 Å². The van der Waals surface area contributed by atoms with Crippen LogP contribution in [0.25, 0.3) is 0 Å². The Morgan fingerprint density at radius 1 is 1.16 bits per heavy atom. The zero-order valence-electron chi connectivity index (χ0n) is 18.5. The van der Waals surface area contributed by atoms with Gasteiger partial charge in [-0.05, 0) is 37.1 Å². The van der Waals surface area contributed by atoms with Gasteiger partial charge in [-0.25, -0.2) is 13.2 Å². The molecule has 0 saturated carbocycles. The number of ether oxygens (including phenoxy) is 1. The number of rotatable bonds is 8. The van der Waals surface area contributed by atoms with Crippen LogP contribution in [0.4, 0.5) is 11.4 Å². The smallest absolute Gasteiger partial charge is 0.482 e. The summed E-state index contributed by atoms with van der Waals surface area (Å²) in [5.74, 6) is -0.644. The molecule has 0 fully saturated rings. The van der Waals surface area contributed by atoms with Crippen LogP contribution < -0.4 is 39.2 Å². The molecule has 1 heterocycles. The summed E-state index contributed by atoms with van der Waals surface area (Å²) in [6.45, 7) is 4.27. The maximum absolute atomic E-state index is 13.4. The number of carbonyl (C=O) groups is 1. The zero-order chi connectivity index (χ0) is 21.8. The molecule has 0 amide bonds. The van der Waals surface area contributed by atoms with E-state index in [1.807, 2.05) is 35.2 Å². The first-order valence-corrected chi connectivity index (χ1v) is 12.0. The van der Waals surface area contributed by atoms with Crippen molar-refractivity contribution < 1.29 is 52.6 Å². The Bertz CT molecular complexity index is 996. The van der Waals surface area contributed by atoms with Gasteiger partial charge in [-0.15, -0.1) is 0 Å². The van der Waals surface area contributed by atoms with Crippen molar-refractivity contribution in [1.82, 2.24) is 0 Å². The van der Waals surface area contributed by atoms with Crippen molar-refractivity contribution in [2.75, 3.05) is 23.8 Å². The quantitative estimate of drug-likeness (QED) is 0.611. The van der Waals surface area contributed by atoms with Gasteiger partial charge < -0.3 is 14.7 Å². The van der Waals surface area contributed by atoms with Crippen molar-refractivity contribution >= 4 is 27.2 Å². The Morgan fingerprint density at radius 3 is 2.48 bits per heavy atom. The van der Waals surface area contributed by atoms with Crippen LogP contribution in [0.3, 0.4) is 0 Å². The maximum atomic E-state index is 13.4. The summed E-state index contributed by atoms with van der Waals surface area (Å²) in [5.41, 5.74) is 1.07. The van der Waals surface area contributed by atoms with Gasteiger partial charge in [0, 0.05) is 23.7 Å². The summed E-state index contributed by atoms with van der Waals surface area (Å²) in [4.78, 5) is 13.2. The van der Waals surface area contributed by atoms with Crippen molar-refractivity contribution in [3.8, 4) is 5.75 Å². The van der Waals surface area contributed by atoms with Crippen LogP contribution in [0.2, 0.25) is 0 Å². The number of para-hydroxylation sites is 1. The van der Waals surface area contributed by atoms with Gasteiger partial charge in [0.15, 0.2) is 16.4 Å². The van der Waals surface area contributed by atoms with Crippen molar-refractivity contribution in [3.05, 3.63) is 48.5 Å². The zero-order valence-corrected chi connectivity index (χ0v) is 21.3. The molecule has 6 nitrogen and oxygen atoms in total. The van der Waals surface area contributed by atoms with E-state index in [2.05, 4.69) is 13.8 Å². The summed E-state index contributed by atoms with van der Waals surface area (Å²) in [6.07, 6.45) is 3.56. The average Bonchev–Trinajstić information content (AvgIpc) is 2.83. The predicted octanol–water partition coefficient (Wildman–Crippen LogP) is 1.67. The van der Waals surface area contributed by atoms with Crippen molar-refractivity contribution in [2.24, 2.45) is 5.41 Å². The fourth-order valence-electron chi connectivity index (χ4n) is 4.08. The molecule has 1 aliphatic rings. The average molecular weight is 455 g/mol. The topological polar surface area (TPSA) is 83.9 Å². The fourth-order valence-corrected chi connectivity index (χ4v) is 6.25. The predicted molar refractivity (Wildman–Crippen MR) is 117 cm³/mol. The van der Waals surface area contributed by atoms with E-state index in [9.17, 15) is 13.2 Å². The van der Waals surface area contributed by atoms with Gasteiger partial charge in [-0.1, -0.05) is 44.9 Å². The van der Waals surface area contributed by atoms with Crippen LogP contribution in [0, 0.1) is 5.41 Å². The number of unbranched alkanes of at least 4 members (excludes halogenated alkanes) is 1. The maximum Gasteiger partial charge on any atom is 1.00 e. The first kappa shape index (κ1) is 25.7. The molecule has 3 rings (SSSR count). The van der Waals surface area contributed by atoms with Gasteiger partial charge in [-0.2, -0.15) is 0 Å². The van der Waals surface area contributed by atoms with Crippen LogP contribution in [0.5, 0.6) is 5.75 Å².